The zero-order valence-corrected chi connectivity index (χ0v) is 12.9. The van der Waals surface area contributed by atoms with Crippen LogP contribution in [0.1, 0.15) is 57.8 Å². The number of nitrogens with one attached hydrogen (secondary N) is 1. The number of rotatable bonds is 5. The average molecular weight is 292 g/mol. The number of nitriles is 1. The number of nitrogens with two attached hydrogens (primary N) is 1. The number of amides is 1. The minimum Gasteiger partial charge on any atom is -0.325 e. The van der Waals surface area contributed by atoms with Crippen LogP contribution >= 0.6 is 0 Å². The lowest BCUT2D eigenvalue weighted by molar-refractivity contribution is -0.135. The lowest BCUT2D eigenvalue weighted by Gasteiger charge is -2.33. The van der Waals surface area contributed by atoms with Crippen LogP contribution in [0.2, 0.25) is 0 Å². The van der Waals surface area contributed by atoms with E-state index in [0.29, 0.717) is 19.0 Å². The van der Waals surface area contributed by atoms with Gasteiger partial charge in [-0.25, -0.2) is 0 Å². The van der Waals surface area contributed by atoms with E-state index in [-0.39, 0.29) is 11.9 Å². The van der Waals surface area contributed by atoms with Gasteiger partial charge in [0.25, 0.3) is 0 Å². The molecule has 0 bridgehead atoms. The van der Waals surface area contributed by atoms with Gasteiger partial charge in [-0.2, -0.15) is 5.26 Å². The summed E-state index contributed by atoms with van der Waals surface area (Å²) in [6.07, 6.45) is 9.90. The predicted molar refractivity (Wildman–Crippen MR) is 82.4 cm³/mol. The second kappa shape index (κ2) is 8.35. The van der Waals surface area contributed by atoms with Gasteiger partial charge in [-0.05, 0) is 45.1 Å². The Morgan fingerprint density at radius 3 is 2.67 bits per heavy atom. The molecule has 21 heavy (non-hydrogen) atoms. The topological polar surface area (TPSA) is 82.2 Å². The third kappa shape index (κ3) is 4.69. The van der Waals surface area contributed by atoms with Gasteiger partial charge in [0.15, 0.2) is 0 Å². The van der Waals surface area contributed by atoms with Crippen molar-refractivity contribution in [3.8, 4) is 6.07 Å². The molecule has 5 heteroatoms. The van der Waals surface area contributed by atoms with Crippen molar-refractivity contribution in [1.82, 2.24) is 10.2 Å². The maximum absolute atomic E-state index is 12.4. The molecule has 1 aliphatic carbocycles. The highest BCUT2D eigenvalue weighted by Crippen LogP contribution is 2.18. The van der Waals surface area contributed by atoms with Gasteiger partial charge in [0.05, 0.1) is 12.1 Å². The normalized spacial score (nSPS) is 25.3. The van der Waals surface area contributed by atoms with E-state index < -0.39 is 6.04 Å². The molecule has 0 aromatic rings. The summed E-state index contributed by atoms with van der Waals surface area (Å²) >= 11 is 0. The van der Waals surface area contributed by atoms with Crippen molar-refractivity contribution in [1.29, 1.82) is 5.26 Å². The summed E-state index contributed by atoms with van der Waals surface area (Å²) in [4.78, 5) is 14.1. The summed E-state index contributed by atoms with van der Waals surface area (Å²) < 4.78 is 0. The van der Waals surface area contributed by atoms with Crippen molar-refractivity contribution in [2.75, 3.05) is 13.1 Å². The molecule has 0 spiro atoms. The van der Waals surface area contributed by atoms with Crippen molar-refractivity contribution in [3.05, 3.63) is 0 Å². The van der Waals surface area contributed by atoms with Gasteiger partial charge in [-0.1, -0.05) is 19.3 Å². The van der Waals surface area contributed by atoms with E-state index in [4.69, 9.17) is 11.0 Å². The number of hydrogen-bond acceptors (Lipinski definition) is 4. The first-order valence-corrected chi connectivity index (χ1v) is 8.41. The van der Waals surface area contributed by atoms with Crippen LogP contribution in [0.4, 0.5) is 0 Å². The predicted octanol–water partition coefficient (Wildman–Crippen LogP) is 1.53. The molecule has 1 saturated carbocycles. The Bertz CT molecular complexity index is 373. The first-order valence-electron chi connectivity index (χ1n) is 8.41. The molecular weight excluding hydrogens is 264 g/mol. The molecule has 2 atom stereocenters. The Balaban J connectivity index is 1.72. The highest BCUT2D eigenvalue weighted by Gasteiger charge is 2.29. The van der Waals surface area contributed by atoms with Crippen LogP contribution in [-0.2, 0) is 4.79 Å². The quantitative estimate of drug-likeness (QED) is 0.805. The molecule has 1 saturated heterocycles. The van der Waals surface area contributed by atoms with Crippen LogP contribution in [0.5, 0.6) is 0 Å². The number of hydrogen-bond donors (Lipinski definition) is 2. The lowest BCUT2D eigenvalue weighted by Crippen LogP contribution is -2.51. The fourth-order valence-corrected chi connectivity index (χ4v) is 3.42. The van der Waals surface area contributed by atoms with Crippen LogP contribution in [0, 0.1) is 11.3 Å². The standard InChI is InChI=1S/C16H28N4O/c17-12-14-8-4-5-11-20(14)16(21)15(18)9-10-19-13-6-2-1-3-7-13/h13-15,19H,1-11,18H2. The summed E-state index contributed by atoms with van der Waals surface area (Å²) in [5, 5.41) is 12.7. The maximum Gasteiger partial charge on any atom is 0.240 e. The Labute approximate surface area is 127 Å². The van der Waals surface area contributed by atoms with Crippen molar-refractivity contribution in [3.63, 3.8) is 0 Å². The summed E-state index contributed by atoms with van der Waals surface area (Å²) in [7, 11) is 0. The minimum atomic E-state index is -0.477. The maximum atomic E-state index is 12.4. The van der Waals surface area contributed by atoms with Crippen LogP contribution in [-0.4, -0.2) is 42.0 Å². The van der Waals surface area contributed by atoms with E-state index in [1.54, 1.807) is 4.90 Å². The summed E-state index contributed by atoms with van der Waals surface area (Å²) in [5.74, 6) is -0.0494. The van der Waals surface area contributed by atoms with Gasteiger partial charge >= 0.3 is 0 Å². The summed E-state index contributed by atoms with van der Waals surface area (Å²) in [6, 6.07) is 2.08. The SMILES string of the molecule is N#CC1CCCCN1C(=O)C(N)CCNC1CCCCC1. The van der Waals surface area contributed by atoms with Crippen LogP contribution in [0.15, 0.2) is 0 Å². The number of likely N-dealkylation sites (tertiary alicyclic amines) is 1. The van der Waals surface area contributed by atoms with Crippen molar-refractivity contribution < 1.29 is 4.79 Å². The Morgan fingerprint density at radius 1 is 1.24 bits per heavy atom. The molecule has 1 amide bonds. The molecule has 2 rings (SSSR count). The Kier molecular flexibility index (Phi) is 6.47. The molecule has 3 N–H and O–H groups in total. The van der Waals surface area contributed by atoms with E-state index in [0.717, 1.165) is 25.8 Å². The van der Waals surface area contributed by atoms with Crippen LogP contribution in [0.3, 0.4) is 0 Å². The molecule has 1 aliphatic heterocycles. The molecule has 118 valence electrons. The fourth-order valence-electron chi connectivity index (χ4n) is 3.42. The number of carbonyl (C=O) groups excluding carboxylic acids is 1. The van der Waals surface area contributed by atoms with E-state index >= 15 is 0 Å². The molecule has 2 unspecified atom stereocenters. The van der Waals surface area contributed by atoms with Gasteiger partial charge in [0.1, 0.15) is 6.04 Å². The highest BCUT2D eigenvalue weighted by molar-refractivity contribution is 5.82. The van der Waals surface area contributed by atoms with Crippen molar-refractivity contribution >= 4 is 5.91 Å². The third-order valence-electron chi connectivity index (χ3n) is 4.75. The smallest absolute Gasteiger partial charge is 0.240 e. The molecule has 5 nitrogen and oxygen atoms in total. The molecule has 1 heterocycles. The van der Waals surface area contributed by atoms with E-state index in [2.05, 4.69) is 11.4 Å². The fraction of sp³-hybridized carbons (Fsp3) is 0.875. The minimum absolute atomic E-state index is 0.0494. The van der Waals surface area contributed by atoms with E-state index in [9.17, 15) is 4.79 Å². The molecule has 0 radical (unpaired) electrons. The molecular formula is C16H28N4O. The zero-order chi connectivity index (χ0) is 15.1. The van der Waals surface area contributed by atoms with Crippen LogP contribution < -0.4 is 11.1 Å². The summed E-state index contributed by atoms with van der Waals surface area (Å²) in [6.45, 7) is 1.48. The van der Waals surface area contributed by atoms with Gasteiger partial charge in [-0.15, -0.1) is 0 Å². The second-order valence-electron chi connectivity index (χ2n) is 6.36. The van der Waals surface area contributed by atoms with Crippen molar-refractivity contribution in [2.24, 2.45) is 5.73 Å². The number of carbonyl (C=O) groups is 1. The number of nitrogens with zero attached hydrogens (tertiary/aromatic N) is 2. The molecule has 2 fully saturated rings. The van der Waals surface area contributed by atoms with Crippen molar-refractivity contribution in [2.45, 2.75) is 75.9 Å². The zero-order valence-electron chi connectivity index (χ0n) is 12.9. The van der Waals surface area contributed by atoms with Gasteiger partial charge < -0.3 is 16.0 Å². The molecule has 0 aromatic carbocycles. The van der Waals surface area contributed by atoms with E-state index in [1.807, 2.05) is 0 Å². The van der Waals surface area contributed by atoms with Crippen LogP contribution in [0.25, 0.3) is 0 Å². The first-order chi connectivity index (χ1) is 10.2. The Morgan fingerprint density at radius 2 is 1.95 bits per heavy atom. The monoisotopic (exact) mass is 292 g/mol. The lowest BCUT2D eigenvalue weighted by atomic mass is 9.95. The van der Waals surface area contributed by atoms with E-state index in [1.165, 1.54) is 32.1 Å². The summed E-state index contributed by atoms with van der Waals surface area (Å²) in [5.41, 5.74) is 6.04. The highest BCUT2D eigenvalue weighted by atomic mass is 16.2. The third-order valence-corrected chi connectivity index (χ3v) is 4.75. The molecule has 2 aliphatic rings. The van der Waals surface area contributed by atoms with Gasteiger partial charge in [0, 0.05) is 12.6 Å². The first kappa shape index (κ1) is 16.3. The largest absolute Gasteiger partial charge is 0.325 e. The average Bonchev–Trinajstić information content (AvgIpc) is 2.55. The molecule has 0 aromatic heterocycles. The second-order valence-corrected chi connectivity index (χ2v) is 6.36. The van der Waals surface area contributed by atoms with Gasteiger partial charge in [-0.3, -0.25) is 4.79 Å². The Hall–Kier alpha value is -1.12. The van der Waals surface area contributed by atoms with Gasteiger partial charge in [0.2, 0.25) is 5.91 Å². The number of piperidine rings is 1.